The van der Waals surface area contributed by atoms with Crippen molar-refractivity contribution in [1.82, 2.24) is 9.88 Å². The number of nitro groups is 1. The summed E-state index contributed by atoms with van der Waals surface area (Å²) in [5.74, 6) is 0. The molecule has 0 saturated carbocycles. The molecule has 6 heteroatoms. The SMILES string of the molecule is CCCn1c(-c2ccc([N+](=O)[O-])cc2)ccc(CNC)c1=O. The number of non-ortho nitro benzene ring substituents is 1. The van der Waals surface area contributed by atoms with Gasteiger partial charge in [0.1, 0.15) is 0 Å². The molecule has 0 aliphatic heterocycles. The maximum Gasteiger partial charge on any atom is 0.269 e. The normalized spacial score (nSPS) is 10.6. The number of hydrogen-bond donors (Lipinski definition) is 1. The Morgan fingerprint density at radius 2 is 1.86 bits per heavy atom. The minimum absolute atomic E-state index is 0.0212. The molecule has 1 aromatic heterocycles. The second kappa shape index (κ2) is 7.00. The summed E-state index contributed by atoms with van der Waals surface area (Å²) in [5.41, 5.74) is 2.31. The molecule has 0 unspecified atom stereocenters. The molecule has 0 radical (unpaired) electrons. The van der Waals surface area contributed by atoms with Gasteiger partial charge in [0.15, 0.2) is 0 Å². The van der Waals surface area contributed by atoms with E-state index in [0.29, 0.717) is 18.7 Å². The van der Waals surface area contributed by atoms with E-state index in [-0.39, 0.29) is 11.2 Å². The number of pyridine rings is 1. The van der Waals surface area contributed by atoms with Gasteiger partial charge in [-0.1, -0.05) is 13.0 Å². The van der Waals surface area contributed by atoms with Crippen molar-refractivity contribution >= 4 is 5.69 Å². The number of benzene rings is 1. The van der Waals surface area contributed by atoms with Crippen molar-refractivity contribution in [2.24, 2.45) is 0 Å². The van der Waals surface area contributed by atoms with Gasteiger partial charge in [0.2, 0.25) is 0 Å². The number of nitro benzene ring substituents is 1. The number of nitrogens with zero attached hydrogens (tertiary/aromatic N) is 2. The molecule has 2 rings (SSSR count). The lowest BCUT2D eigenvalue weighted by molar-refractivity contribution is -0.384. The molecule has 0 bridgehead atoms. The first kappa shape index (κ1) is 15.9. The van der Waals surface area contributed by atoms with Crippen LogP contribution in [0.3, 0.4) is 0 Å². The predicted molar refractivity (Wildman–Crippen MR) is 85.8 cm³/mol. The van der Waals surface area contributed by atoms with E-state index in [9.17, 15) is 14.9 Å². The van der Waals surface area contributed by atoms with E-state index in [2.05, 4.69) is 5.32 Å². The molecule has 0 aliphatic carbocycles. The van der Waals surface area contributed by atoms with Crippen LogP contribution in [-0.4, -0.2) is 16.5 Å². The van der Waals surface area contributed by atoms with Crippen LogP contribution < -0.4 is 10.9 Å². The third-order valence-corrected chi connectivity index (χ3v) is 3.44. The predicted octanol–water partition coefficient (Wildman–Crippen LogP) is 2.55. The molecule has 0 atom stereocenters. The van der Waals surface area contributed by atoms with Gasteiger partial charge in [-0.15, -0.1) is 0 Å². The molecule has 6 nitrogen and oxygen atoms in total. The molecule has 1 N–H and O–H groups in total. The highest BCUT2D eigenvalue weighted by Gasteiger charge is 2.11. The van der Waals surface area contributed by atoms with Crippen molar-refractivity contribution in [3.63, 3.8) is 0 Å². The summed E-state index contributed by atoms with van der Waals surface area (Å²) in [6.45, 7) is 3.14. The van der Waals surface area contributed by atoms with Gasteiger partial charge in [0.25, 0.3) is 11.2 Å². The second-order valence-electron chi connectivity index (χ2n) is 5.03. The highest BCUT2D eigenvalue weighted by atomic mass is 16.6. The van der Waals surface area contributed by atoms with E-state index >= 15 is 0 Å². The van der Waals surface area contributed by atoms with Crippen LogP contribution in [0.1, 0.15) is 18.9 Å². The number of nitrogens with one attached hydrogen (secondary N) is 1. The molecule has 0 saturated heterocycles. The molecule has 22 heavy (non-hydrogen) atoms. The maximum atomic E-state index is 12.5. The zero-order chi connectivity index (χ0) is 16.1. The largest absolute Gasteiger partial charge is 0.315 e. The summed E-state index contributed by atoms with van der Waals surface area (Å²) in [5, 5.41) is 13.7. The van der Waals surface area contributed by atoms with Crippen molar-refractivity contribution in [2.45, 2.75) is 26.4 Å². The molecule has 0 fully saturated rings. The molecule has 0 aliphatic rings. The Balaban J connectivity index is 2.51. The van der Waals surface area contributed by atoms with Crippen LogP contribution in [0.2, 0.25) is 0 Å². The quantitative estimate of drug-likeness (QED) is 0.657. The van der Waals surface area contributed by atoms with Gasteiger partial charge >= 0.3 is 0 Å². The summed E-state index contributed by atoms with van der Waals surface area (Å²) in [4.78, 5) is 22.8. The lowest BCUT2D eigenvalue weighted by Crippen LogP contribution is -2.27. The Morgan fingerprint density at radius 3 is 2.41 bits per heavy atom. The Bertz CT molecular complexity index is 720. The van der Waals surface area contributed by atoms with Crippen molar-refractivity contribution in [2.75, 3.05) is 7.05 Å². The highest BCUT2D eigenvalue weighted by Crippen LogP contribution is 2.22. The minimum atomic E-state index is -0.432. The van der Waals surface area contributed by atoms with Crippen LogP contribution in [0, 0.1) is 10.1 Å². The first-order chi connectivity index (χ1) is 10.6. The van der Waals surface area contributed by atoms with E-state index in [1.807, 2.05) is 19.1 Å². The third kappa shape index (κ3) is 3.23. The van der Waals surface area contributed by atoms with E-state index in [0.717, 1.165) is 17.7 Å². The van der Waals surface area contributed by atoms with E-state index in [1.165, 1.54) is 12.1 Å². The molecular weight excluding hydrogens is 282 g/mol. The first-order valence-electron chi connectivity index (χ1n) is 7.20. The zero-order valence-electron chi connectivity index (χ0n) is 12.7. The Kier molecular flexibility index (Phi) is 5.06. The van der Waals surface area contributed by atoms with Gasteiger partial charge in [0.05, 0.1) is 10.6 Å². The Morgan fingerprint density at radius 1 is 1.18 bits per heavy atom. The van der Waals surface area contributed by atoms with Crippen LogP contribution in [0.15, 0.2) is 41.2 Å². The Hall–Kier alpha value is -2.47. The monoisotopic (exact) mass is 301 g/mol. The molecule has 1 aromatic carbocycles. The average molecular weight is 301 g/mol. The molecule has 0 spiro atoms. The van der Waals surface area contributed by atoms with Gasteiger partial charge in [-0.2, -0.15) is 0 Å². The van der Waals surface area contributed by atoms with Crippen LogP contribution in [0.5, 0.6) is 0 Å². The van der Waals surface area contributed by atoms with Crippen molar-refractivity contribution in [1.29, 1.82) is 0 Å². The van der Waals surface area contributed by atoms with Crippen LogP contribution >= 0.6 is 0 Å². The van der Waals surface area contributed by atoms with Crippen molar-refractivity contribution < 1.29 is 4.92 Å². The fourth-order valence-electron chi connectivity index (χ4n) is 2.40. The van der Waals surface area contributed by atoms with Crippen LogP contribution in [0.4, 0.5) is 5.69 Å². The number of hydrogen-bond acceptors (Lipinski definition) is 4. The van der Waals surface area contributed by atoms with E-state index in [4.69, 9.17) is 0 Å². The molecule has 116 valence electrons. The number of rotatable bonds is 6. The van der Waals surface area contributed by atoms with Gasteiger partial charge in [0, 0.05) is 30.8 Å². The average Bonchev–Trinajstić information content (AvgIpc) is 2.52. The van der Waals surface area contributed by atoms with Gasteiger partial charge in [-0.3, -0.25) is 14.9 Å². The second-order valence-corrected chi connectivity index (χ2v) is 5.03. The fraction of sp³-hybridized carbons (Fsp3) is 0.312. The topological polar surface area (TPSA) is 77.2 Å². The number of aromatic nitrogens is 1. The fourth-order valence-corrected chi connectivity index (χ4v) is 2.40. The summed E-state index contributed by atoms with van der Waals surface area (Å²) in [7, 11) is 1.80. The van der Waals surface area contributed by atoms with Gasteiger partial charge in [-0.25, -0.2) is 0 Å². The molecule has 2 aromatic rings. The van der Waals surface area contributed by atoms with Crippen LogP contribution in [-0.2, 0) is 13.1 Å². The molecule has 0 amide bonds. The highest BCUT2D eigenvalue weighted by molar-refractivity contribution is 5.61. The standard InChI is InChI=1S/C16H19N3O3/c1-3-10-18-15(9-6-13(11-17-2)16(18)20)12-4-7-14(8-5-12)19(21)22/h4-9,17H,3,10-11H2,1-2H3. The summed E-state index contributed by atoms with van der Waals surface area (Å²) >= 11 is 0. The maximum absolute atomic E-state index is 12.5. The smallest absolute Gasteiger partial charge is 0.269 e. The summed E-state index contributed by atoms with van der Waals surface area (Å²) in [6.07, 6.45) is 0.836. The minimum Gasteiger partial charge on any atom is -0.315 e. The Labute approximate surface area is 128 Å². The lowest BCUT2D eigenvalue weighted by Gasteiger charge is -2.14. The van der Waals surface area contributed by atoms with Crippen LogP contribution in [0.25, 0.3) is 11.3 Å². The first-order valence-corrected chi connectivity index (χ1v) is 7.20. The molecule has 1 heterocycles. The third-order valence-electron chi connectivity index (χ3n) is 3.44. The summed E-state index contributed by atoms with van der Waals surface area (Å²) < 4.78 is 1.73. The van der Waals surface area contributed by atoms with Gasteiger partial charge in [-0.05, 0) is 37.2 Å². The van der Waals surface area contributed by atoms with Crippen molar-refractivity contribution in [3.05, 3.63) is 62.4 Å². The zero-order valence-corrected chi connectivity index (χ0v) is 12.7. The summed E-state index contributed by atoms with van der Waals surface area (Å²) in [6, 6.07) is 9.97. The van der Waals surface area contributed by atoms with E-state index in [1.54, 1.807) is 23.7 Å². The lowest BCUT2D eigenvalue weighted by atomic mass is 10.1. The van der Waals surface area contributed by atoms with E-state index < -0.39 is 4.92 Å². The van der Waals surface area contributed by atoms with Crippen molar-refractivity contribution in [3.8, 4) is 11.3 Å². The van der Waals surface area contributed by atoms with Gasteiger partial charge < -0.3 is 9.88 Å². The molecular formula is C16H19N3O3.